The summed E-state index contributed by atoms with van der Waals surface area (Å²) in [7, 11) is 0. The number of pyridine rings is 1. The largest absolute Gasteiger partial charge is 0.326 e. The number of hydrogen-bond donors (Lipinski definition) is 1. The normalized spacial score (nSPS) is 17.7. The summed E-state index contributed by atoms with van der Waals surface area (Å²) in [5, 5.41) is 0. The molecule has 0 amide bonds. The molecule has 1 fully saturated rings. The minimum atomic E-state index is 0.557. The highest BCUT2D eigenvalue weighted by atomic mass is 32.2. The third kappa shape index (κ3) is 2.07. The zero-order valence-corrected chi connectivity index (χ0v) is 10.6. The SMILES string of the molecule is NCc1cccn2cc(C3CCSCC3)nc12. The molecule has 0 atom stereocenters. The van der Waals surface area contributed by atoms with E-state index in [9.17, 15) is 0 Å². The highest BCUT2D eigenvalue weighted by Gasteiger charge is 2.19. The molecule has 0 aliphatic carbocycles. The number of nitrogens with two attached hydrogens (primary N) is 1. The van der Waals surface area contributed by atoms with Gasteiger partial charge in [0.1, 0.15) is 5.65 Å². The van der Waals surface area contributed by atoms with E-state index in [-0.39, 0.29) is 0 Å². The van der Waals surface area contributed by atoms with Crippen LogP contribution in [0.2, 0.25) is 0 Å². The molecule has 2 aromatic rings. The van der Waals surface area contributed by atoms with Gasteiger partial charge in [0.25, 0.3) is 0 Å². The van der Waals surface area contributed by atoms with Crippen molar-refractivity contribution in [1.82, 2.24) is 9.38 Å². The number of imidazole rings is 1. The van der Waals surface area contributed by atoms with Crippen LogP contribution in [0.25, 0.3) is 5.65 Å². The Hall–Kier alpha value is -1.00. The topological polar surface area (TPSA) is 43.3 Å². The zero-order valence-electron chi connectivity index (χ0n) is 9.80. The standard InChI is InChI=1S/C13H17N3S/c14-8-11-2-1-5-16-9-12(15-13(11)16)10-3-6-17-7-4-10/h1-2,5,9-10H,3-4,6-8,14H2. The fraction of sp³-hybridized carbons (Fsp3) is 0.462. The van der Waals surface area contributed by atoms with Crippen molar-refractivity contribution in [3.05, 3.63) is 35.8 Å². The molecule has 3 heterocycles. The van der Waals surface area contributed by atoms with E-state index >= 15 is 0 Å². The second kappa shape index (κ2) is 4.70. The van der Waals surface area contributed by atoms with Gasteiger partial charge in [-0.3, -0.25) is 0 Å². The van der Waals surface area contributed by atoms with Gasteiger partial charge >= 0.3 is 0 Å². The lowest BCUT2D eigenvalue weighted by atomic mass is 10.00. The van der Waals surface area contributed by atoms with E-state index < -0.39 is 0 Å². The number of nitrogens with zero attached hydrogens (tertiary/aromatic N) is 2. The molecular formula is C13H17N3S. The number of fused-ring (bicyclic) bond motifs is 1. The summed E-state index contributed by atoms with van der Waals surface area (Å²) < 4.78 is 2.11. The van der Waals surface area contributed by atoms with Gasteiger partial charge in [-0.15, -0.1) is 0 Å². The highest BCUT2D eigenvalue weighted by Crippen LogP contribution is 2.31. The first-order valence-electron chi connectivity index (χ1n) is 6.13. The lowest BCUT2D eigenvalue weighted by Gasteiger charge is -2.18. The third-order valence-electron chi connectivity index (χ3n) is 3.44. The molecule has 3 nitrogen and oxygen atoms in total. The summed E-state index contributed by atoms with van der Waals surface area (Å²) in [6, 6.07) is 4.10. The lowest BCUT2D eigenvalue weighted by molar-refractivity contribution is 0.623. The Balaban J connectivity index is 2.00. The van der Waals surface area contributed by atoms with Crippen LogP contribution in [0.5, 0.6) is 0 Å². The van der Waals surface area contributed by atoms with Crippen LogP contribution in [0.3, 0.4) is 0 Å². The lowest BCUT2D eigenvalue weighted by Crippen LogP contribution is -2.08. The van der Waals surface area contributed by atoms with Gasteiger partial charge in [-0.05, 0) is 30.4 Å². The monoisotopic (exact) mass is 247 g/mol. The molecule has 0 aromatic carbocycles. The molecule has 90 valence electrons. The van der Waals surface area contributed by atoms with Gasteiger partial charge in [0.15, 0.2) is 0 Å². The maximum absolute atomic E-state index is 5.75. The molecule has 3 rings (SSSR count). The number of thioether (sulfide) groups is 1. The Morgan fingerprint density at radius 1 is 1.41 bits per heavy atom. The molecule has 0 unspecified atom stereocenters. The van der Waals surface area contributed by atoms with E-state index in [4.69, 9.17) is 10.7 Å². The fourth-order valence-electron chi connectivity index (χ4n) is 2.44. The van der Waals surface area contributed by atoms with Crippen LogP contribution in [0.15, 0.2) is 24.5 Å². The quantitative estimate of drug-likeness (QED) is 0.886. The van der Waals surface area contributed by atoms with Crippen LogP contribution in [0.1, 0.15) is 30.0 Å². The van der Waals surface area contributed by atoms with E-state index in [1.54, 1.807) is 0 Å². The molecule has 0 radical (unpaired) electrons. The average Bonchev–Trinajstić information content (AvgIpc) is 2.83. The van der Waals surface area contributed by atoms with Crippen molar-refractivity contribution in [2.45, 2.75) is 25.3 Å². The molecule has 0 spiro atoms. The van der Waals surface area contributed by atoms with Gasteiger partial charge in [0, 0.05) is 30.4 Å². The summed E-state index contributed by atoms with van der Waals surface area (Å²) in [5.41, 5.74) is 9.15. The zero-order chi connectivity index (χ0) is 11.7. The molecule has 17 heavy (non-hydrogen) atoms. The molecule has 2 N–H and O–H groups in total. The van der Waals surface area contributed by atoms with Crippen molar-refractivity contribution in [3.63, 3.8) is 0 Å². The molecular weight excluding hydrogens is 230 g/mol. The first kappa shape index (κ1) is 11.1. The summed E-state index contributed by atoms with van der Waals surface area (Å²) in [6.07, 6.45) is 6.75. The maximum atomic E-state index is 5.75. The summed E-state index contributed by atoms with van der Waals surface area (Å²) in [6.45, 7) is 0.557. The van der Waals surface area contributed by atoms with Crippen molar-refractivity contribution in [3.8, 4) is 0 Å². The second-order valence-corrected chi connectivity index (χ2v) is 5.75. The van der Waals surface area contributed by atoms with Crippen LogP contribution >= 0.6 is 11.8 Å². The van der Waals surface area contributed by atoms with Gasteiger partial charge in [0.05, 0.1) is 5.69 Å². The Morgan fingerprint density at radius 3 is 3.00 bits per heavy atom. The summed E-state index contributed by atoms with van der Waals surface area (Å²) >= 11 is 2.05. The Bertz CT molecular complexity index is 514. The third-order valence-corrected chi connectivity index (χ3v) is 4.49. The molecule has 1 aliphatic heterocycles. The van der Waals surface area contributed by atoms with Crippen LogP contribution in [0, 0.1) is 0 Å². The Labute approximate surface area is 105 Å². The second-order valence-electron chi connectivity index (χ2n) is 4.52. The van der Waals surface area contributed by atoms with E-state index in [1.165, 1.54) is 30.0 Å². The minimum absolute atomic E-state index is 0.557. The Kier molecular flexibility index (Phi) is 3.07. The number of hydrogen-bond acceptors (Lipinski definition) is 3. The number of rotatable bonds is 2. The maximum Gasteiger partial charge on any atom is 0.141 e. The van der Waals surface area contributed by atoms with Crippen LogP contribution in [0.4, 0.5) is 0 Å². The van der Waals surface area contributed by atoms with E-state index in [1.807, 2.05) is 6.07 Å². The molecule has 1 aliphatic rings. The Morgan fingerprint density at radius 2 is 2.24 bits per heavy atom. The van der Waals surface area contributed by atoms with Crippen LogP contribution < -0.4 is 5.73 Å². The van der Waals surface area contributed by atoms with Gasteiger partial charge in [0.2, 0.25) is 0 Å². The van der Waals surface area contributed by atoms with E-state index in [0.29, 0.717) is 12.5 Å². The van der Waals surface area contributed by atoms with Gasteiger partial charge in [-0.25, -0.2) is 4.98 Å². The van der Waals surface area contributed by atoms with Crippen LogP contribution in [-0.2, 0) is 6.54 Å². The predicted octanol–water partition coefficient (Wildman–Crippen LogP) is 2.40. The van der Waals surface area contributed by atoms with Crippen molar-refractivity contribution < 1.29 is 0 Å². The molecule has 1 saturated heterocycles. The van der Waals surface area contributed by atoms with Crippen molar-refractivity contribution in [1.29, 1.82) is 0 Å². The number of aromatic nitrogens is 2. The van der Waals surface area contributed by atoms with Crippen molar-refractivity contribution >= 4 is 17.4 Å². The van der Waals surface area contributed by atoms with E-state index in [0.717, 1.165) is 11.2 Å². The smallest absolute Gasteiger partial charge is 0.141 e. The van der Waals surface area contributed by atoms with Crippen LogP contribution in [-0.4, -0.2) is 20.9 Å². The molecule has 0 bridgehead atoms. The van der Waals surface area contributed by atoms with Crippen molar-refractivity contribution in [2.75, 3.05) is 11.5 Å². The summed E-state index contributed by atoms with van der Waals surface area (Å²) in [4.78, 5) is 4.78. The van der Waals surface area contributed by atoms with E-state index in [2.05, 4.69) is 34.6 Å². The van der Waals surface area contributed by atoms with Gasteiger partial charge in [-0.1, -0.05) is 6.07 Å². The fourth-order valence-corrected chi connectivity index (χ4v) is 3.55. The molecule has 2 aromatic heterocycles. The highest BCUT2D eigenvalue weighted by molar-refractivity contribution is 7.99. The van der Waals surface area contributed by atoms with Crippen molar-refractivity contribution in [2.24, 2.45) is 5.73 Å². The van der Waals surface area contributed by atoms with Gasteiger partial charge < -0.3 is 10.1 Å². The molecule has 4 heteroatoms. The minimum Gasteiger partial charge on any atom is -0.326 e. The molecule has 0 saturated carbocycles. The van der Waals surface area contributed by atoms with Gasteiger partial charge in [-0.2, -0.15) is 11.8 Å². The average molecular weight is 247 g/mol. The first-order chi connectivity index (χ1) is 8.38. The predicted molar refractivity (Wildman–Crippen MR) is 72.4 cm³/mol. The summed E-state index contributed by atoms with van der Waals surface area (Å²) in [5.74, 6) is 3.17. The first-order valence-corrected chi connectivity index (χ1v) is 7.28.